The van der Waals surface area contributed by atoms with Gasteiger partial charge >= 0.3 is 0 Å². The number of aliphatic hydroxyl groups excluding tert-OH is 1. The van der Waals surface area contributed by atoms with Gasteiger partial charge in [-0.05, 0) is 18.3 Å². The van der Waals surface area contributed by atoms with Gasteiger partial charge in [0.25, 0.3) is 0 Å². The van der Waals surface area contributed by atoms with Crippen molar-refractivity contribution in [2.45, 2.75) is 45.6 Å². The van der Waals surface area contributed by atoms with Crippen molar-refractivity contribution in [3.8, 4) is 0 Å². The van der Waals surface area contributed by atoms with Crippen molar-refractivity contribution in [2.24, 2.45) is 11.3 Å². The molecule has 2 unspecified atom stereocenters. The topological polar surface area (TPSA) is 49.8 Å². The quantitative estimate of drug-likeness (QED) is 0.812. The van der Waals surface area contributed by atoms with Gasteiger partial charge in [0.2, 0.25) is 5.91 Å². The number of amides is 1. The average Bonchev–Trinajstić information content (AvgIpc) is 2.37. The molecule has 1 aliphatic carbocycles. The summed E-state index contributed by atoms with van der Waals surface area (Å²) in [4.78, 5) is 14.5. The van der Waals surface area contributed by atoms with Gasteiger partial charge in [0.05, 0.1) is 19.3 Å². The van der Waals surface area contributed by atoms with Gasteiger partial charge in [-0.15, -0.1) is 0 Å². The Balaban J connectivity index is 2.01. The largest absolute Gasteiger partial charge is 0.394 e. The highest BCUT2D eigenvalue weighted by Gasteiger charge is 2.40. The molecule has 4 nitrogen and oxygen atoms in total. The fourth-order valence-corrected chi connectivity index (χ4v) is 3.20. The zero-order valence-corrected chi connectivity index (χ0v) is 11.5. The zero-order valence-electron chi connectivity index (χ0n) is 11.5. The van der Waals surface area contributed by atoms with Crippen LogP contribution in [-0.2, 0) is 9.53 Å². The van der Waals surface area contributed by atoms with Gasteiger partial charge in [-0.3, -0.25) is 4.79 Å². The van der Waals surface area contributed by atoms with Gasteiger partial charge in [-0.2, -0.15) is 0 Å². The Bertz CT molecular complexity index is 303. The van der Waals surface area contributed by atoms with Crippen molar-refractivity contribution < 1.29 is 14.6 Å². The molecule has 1 saturated heterocycles. The molecule has 0 aromatic heterocycles. The van der Waals surface area contributed by atoms with Crippen LogP contribution in [0, 0.1) is 11.3 Å². The van der Waals surface area contributed by atoms with Gasteiger partial charge in [-0.25, -0.2) is 0 Å². The smallest absolute Gasteiger partial charge is 0.226 e. The van der Waals surface area contributed by atoms with E-state index in [1.807, 2.05) is 4.90 Å². The highest BCUT2D eigenvalue weighted by Crippen LogP contribution is 2.41. The molecular weight excluding hydrogens is 230 g/mol. The fraction of sp³-hybridized carbons (Fsp3) is 0.929. The van der Waals surface area contributed by atoms with E-state index in [9.17, 15) is 4.79 Å². The summed E-state index contributed by atoms with van der Waals surface area (Å²) in [5.74, 6) is 0.408. The second kappa shape index (κ2) is 5.57. The number of morpholine rings is 1. The lowest BCUT2D eigenvalue weighted by atomic mass is 9.68. The number of hydrogen-bond acceptors (Lipinski definition) is 3. The Kier molecular flexibility index (Phi) is 4.28. The number of carbonyl (C=O) groups is 1. The summed E-state index contributed by atoms with van der Waals surface area (Å²) < 4.78 is 5.40. The number of hydrogen-bond donors (Lipinski definition) is 1. The van der Waals surface area contributed by atoms with E-state index in [0.717, 1.165) is 19.3 Å². The molecule has 1 saturated carbocycles. The van der Waals surface area contributed by atoms with Gasteiger partial charge in [0.15, 0.2) is 0 Å². The molecule has 104 valence electrons. The van der Waals surface area contributed by atoms with Crippen LogP contribution in [0.25, 0.3) is 0 Å². The second-order valence-electron chi connectivity index (χ2n) is 6.25. The predicted molar refractivity (Wildman–Crippen MR) is 69.1 cm³/mol. The third kappa shape index (κ3) is 2.86. The maximum absolute atomic E-state index is 12.6. The number of rotatable bonds is 2. The van der Waals surface area contributed by atoms with Crippen LogP contribution >= 0.6 is 0 Å². The van der Waals surface area contributed by atoms with E-state index in [1.54, 1.807) is 0 Å². The molecule has 0 radical (unpaired) electrons. The van der Waals surface area contributed by atoms with Gasteiger partial charge in [-0.1, -0.05) is 26.7 Å². The van der Waals surface area contributed by atoms with Crippen LogP contribution < -0.4 is 0 Å². The molecule has 2 fully saturated rings. The van der Waals surface area contributed by atoms with Crippen molar-refractivity contribution in [1.82, 2.24) is 4.90 Å². The van der Waals surface area contributed by atoms with Crippen molar-refractivity contribution in [1.29, 1.82) is 0 Å². The van der Waals surface area contributed by atoms with Gasteiger partial charge < -0.3 is 14.7 Å². The van der Waals surface area contributed by atoms with E-state index in [-0.39, 0.29) is 30.0 Å². The molecule has 0 bridgehead atoms. The first-order chi connectivity index (χ1) is 8.54. The van der Waals surface area contributed by atoms with Gasteiger partial charge in [0, 0.05) is 19.0 Å². The minimum atomic E-state index is -0.200. The number of aliphatic hydroxyl groups is 1. The molecule has 4 heteroatoms. The van der Waals surface area contributed by atoms with E-state index in [1.165, 1.54) is 6.42 Å². The van der Waals surface area contributed by atoms with Crippen LogP contribution in [0.2, 0.25) is 0 Å². The van der Waals surface area contributed by atoms with Crippen molar-refractivity contribution in [3.63, 3.8) is 0 Å². The minimum absolute atomic E-state index is 0.00214. The Hall–Kier alpha value is -0.610. The summed E-state index contributed by atoms with van der Waals surface area (Å²) in [6.45, 7) is 6.17. The molecule has 1 heterocycles. The minimum Gasteiger partial charge on any atom is -0.394 e. The van der Waals surface area contributed by atoms with Crippen molar-refractivity contribution in [2.75, 3.05) is 26.3 Å². The maximum atomic E-state index is 12.6. The van der Waals surface area contributed by atoms with Crippen LogP contribution in [0.4, 0.5) is 0 Å². The molecule has 18 heavy (non-hydrogen) atoms. The van der Waals surface area contributed by atoms with Crippen LogP contribution in [0.3, 0.4) is 0 Å². The van der Waals surface area contributed by atoms with Crippen LogP contribution in [0.15, 0.2) is 0 Å². The van der Waals surface area contributed by atoms with Crippen LogP contribution in [-0.4, -0.2) is 48.3 Å². The Morgan fingerprint density at radius 1 is 1.44 bits per heavy atom. The second-order valence-corrected chi connectivity index (χ2v) is 6.25. The third-order valence-corrected chi connectivity index (χ3v) is 4.46. The highest BCUT2D eigenvalue weighted by atomic mass is 16.5. The molecule has 2 aliphatic rings. The maximum Gasteiger partial charge on any atom is 0.226 e. The first kappa shape index (κ1) is 13.8. The molecule has 2 atom stereocenters. The normalized spacial score (nSPS) is 32.3. The first-order valence-corrected chi connectivity index (χ1v) is 7.06. The lowest BCUT2D eigenvalue weighted by Gasteiger charge is -2.42. The molecule has 0 spiro atoms. The molecular formula is C14H25NO3. The van der Waals surface area contributed by atoms with Crippen LogP contribution in [0.5, 0.6) is 0 Å². The lowest BCUT2D eigenvalue weighted by molar-refractivity contribution is -0.150. The number of carbonyl (C=O) groups excluding carboxylic acids is 1. The summed E-state index contributed by atoms with van der Waals surface area (Å²) in [7, 11) is 0. The van der Waals surface area contributed by atoms with Crippen molar-refractivity contribution in [3.05, 3.63) is 0 Å². The number of ether oxygens (including phenoxy) is 1. The molecule has 2 rings (SSSR count). The van der Waals surface area contributed by atoms with Crippen LogP contribution in [0.1, 0.15) is 39.5 Å². The zero-order chi connectivity index (χ0) is 13.2. The van der Waals surface area contributed by atoms with Crippen molar-refractivity contribution >= 4 is 5.91 Å². The van der Waals surface area contributed by atoms with E-state index in [4.69, 9.17) is 9.84 Å². The average molecular weight is 255 g/mol. The van der Waals surface area contributed by atoms with E-state index < -0.39 is 0 Å². The fourth-order valence-electron chi connectivity index (χ4n) is 3.20. The summed E-state index contributed by atoms with van der Waals surface area (Å²) >= 11 is 0. The highest BCUT2D eigenvalue weighted by molar-refractivity contribution is 5.79. The molecule has 0 aromatic rings. The third-order valence-electron chi connectivity index (χ3n) is 4.46. The van der Waals surface area contributed by atoms with E-state index in [2.05, 4.69) is 13.8 Å². The standard InChI is InChI=1S/C14H25NO3/c1-14(2)6-4-3-5-12(14)13(17)15-7-8-18-11(9-15)10-16/h11-12,16H,3-10H2,1-2H3. The Morgan fingerprint density at radius 3 is 2.89 bits per heavy atom. The molecule has 1 aliphatic heterocycles. The summed E-state index contributed by atoms with van der Waals surface area (Å²) in [6.07, 6.45) is 4.34. The summed E-state index contributed by atoms with van der Waals surface area (Å²) in [6, 6.07) is 0. The Morgan fingerprint density at radius 2 is 2.22 bits per heavy atom. The molecule has 1 N–H and O–H groups in total. The lowest BCUT2D eigenvalue weighted by Crippen LogP contribution is -2.51. The molecule has 0 aromatic carbocycles. The monoisotopic (exact) mass is 255 g/mol. The van der Waals surface area contributed by atoms with E-state index in [0.29, 0.717) is 19.7 Å². The summed E-state index contributed by atoms with van der Waals surface area (Å²) in [5.41, 5.74) is 0.113. The predicted octanol–water partition coefficient (Wildman–Crippen LogP) is 1.42. The first-order valence-electron chi connectivity index (χ1n) is 7.06. The number of nitrogens with zero attached hydrogens (tertiary/aromatic N) is 1. The SMILES string of the molecule is CC1(C)CCCCC1C(=O)N1CCOC(CO)C1. The van der Waals surface area contributed by atoms with Gasteiger partial charge in [0.1, 0.15) is 0 Å². The molecule has 1 amide bonds. The van der Waals surface area contributed by atoms with E-state index >= 15 is 0 Å². The Labute approximate surface area is 109 Å². The summed E-state index contributed by atoms with van der Waals surface area (Å²) in [5, 5.41) is 9.14.